The smallest absolute Gasteiger partial charge is 0.246 e. The van der Waals surface area contributed by atoms with Gasteiger partial charge in [0.2, 0.25) is 76.8 Å². The molecule has 2 aromatic carbocycles. The third kappa shape index (κ3) is 21.5. The van der Waals surface area contributed by atoms with Crippen LogP contribution in [0.5, 0.6) is 0 Å². The van der Waals surface area contributed by atoms with Gasteiger partial charge in [-0.3, -0.25) is 62.3 Å². The zero-order valence-electron chi connectivity index (χ0n) is 61.0. The van der Waals surface area contributed by atoms with E-state index in [1.54, 1.807) is 100 Å². The molecule has 0 bridgehead atoms. The number of ether oxygens (including phenoxy) is 1. The lowest BCUT2D eigenvalue weighted by Gasteiger charge is -2.53. The largest absolute Gasteiger partial charge is 0.391 e. The van der Waals surface area contributed by atoms with Gasteiger partial charge in [-0.25, -0.2) is 0 Å². The highest BCUT2D eigenvalue weighted by molar-refractivity contribution is 6.01. The Balaban J connectivity index is 1.40. The molecule has 0 aromatic heterocycles. The molecule has 13 amide bonds. The van der Waals surface area contributed by atoms with Crippen molar-refractivity contribution in [3.8, 4) is 0 Å². The van der Waals surface area contributed by atoms with E-state index >= 15 is 9.59 Å². The fourth-order valence-electron chi connectivity index (χ4n) is 13.1. The van der Waals surface area contributed by atoms with Crippen molar-refractivity contribution in [2.45, 2.75) is 219 Å². The fourth-order valence-corrected chi connectivity index (χ4v) is 13.1. The molecule has 13 atom stereocenters. The summed E-state index contributed by atoms with van der Waals surface area (Å²) >= 11 is 0. The maximum absolute atomic E-state index is 15.1. The molecule has 4 heterocycles. The summed E-state index contributed by atoms with van der Waals surface area (Å²) in [7, 11) is 5.46. The number of likely N-dealkylation sites (N-methyl/N-ethyl adjacent to an activating group) is 4. The van der Waals surface area contributed by atoms with Crippen LogP contribution in [-0.4, -0.2) is 262 Å². The van der Waals surface area contributed by atoms with Crippen LogP contribution in [0.4, 0.5) is 0 Å². The molecule has 552 valence electrons. The minimum atomic E-state index is -1.71. The molecule has 4 fully saturated rings. The summed E-state index contributed by atoms with van der Waals surface area (Å²) in [6.45, 7) is 17.9. The number of benzene rings is 2. The van der Waals surface area contributed by atoms with E-state index in [4.69, 9.17) is 4.74 Å². The maximum Gasteiger partial charge on any atom is 0.246 e. The Kier molecular flexibility index (Phi) is 29.1. The number of hydrogen-bond acceptors (Lipinski definition) is 15. The molecule has 4 aliphatic heterocycles. The monoisotopic (exact) mass is 1400 g/mol. The molecule has 7 N–H and O–H groups in total. The predicted molar refractivity (Wildman–Crippen MR) is 371 cm³/mol. The quantitative estimate of drug-likeness (QED) is 0.155. The molecule has 28 nitrogen and oxygen atoms in total. The van der Waals surface area contributed by atoms with Crippen molar-refractivity contribution in [3.63, 3.8) is 0 Å². The van der Waals surface area contributed by atoms with Gasteiger partial charge < -0.3 is 76.0 Å². The second-order valence-corrected chi connectivity index (χ2v) is 29.2. The van der Waals surface area contributed by atoms with Crippen LogP contribution in [0, 0.1) is 17.8 Å². The molecule has 6 rings (SSSR count). The van der Waals surface area contributed by atoms with E-state index in [1.807, 2.05) is 27.7 Å². The van der Waals surface area contributed by atoms with E-state index in [0.717, 1.165) is 21.1 Å². The van der Waals surface area contributed by atoms with E-state index < -0.39 is 180 Å². The number of likely N-dealkylation sites (tertiary alicyclic amines) is 1. The van der Waals surface area contributed by atoms with Gasteiger partial charge in [0.1, 0.15) is 60.4 Å². The van der Waals surface area contributed by atoms with E-state index in [0.29, 0.717) is 43.5 Å². The van der Waals surface area contributed by atoms with E-state index in [-0.39, 0.29) is 57.1 Å². The number of amides is 13. The number of carbonyl (C=O) groups excluding carboxylic acids is 13. The number of aliphatic hydroxyl groups is 1. The summed E-state index contributed by atoms with van der Waals surface area (Å²) in [6, 6.07) is 3.49. The summed E-state index contributed by atoms with van der Waals surface area (Å²) in [5, 5.41) is 27.4. The molecule has 0 spiro atoms. The molecule has 4 saturated heterocycles. The van der Waals surface area contributed by atoms with Gasteiger partial charge in [0.15, 0.2) is 0 Å². The fraction of sp³-hybridized carbons (Fsp3) is 0.653. The maximum atomic E-state index is 15.1. The minimum Gasteiger partial charge on any atom is -0.391 e. The Hall–Kier alpha value is -8.53. The first-order valence-electron chi connectivity index (χ1n) is 35.1. The summed E-state index contributed by atoms with van der Waals surface area (Å²) in [5.41, 5.74) is 0.397. The van der Waals surface area contributed by atoms with Crippen LogP contribution in [0.1, 0.15) is 139 Å². The lowest BCUT2D eigenvalue weighted by Crippen LogP contribution is -2.71. The van der Waals surface area contributed by atoms with E-state index in [2.05, 4.69) is 31.9 Å². The molecule has 0 saturated carbocycles. The number of nitrogens with one attached hydrogen (secondary N) is 6. The van der Waals surface area contributed by atoms with Crippen molar-refractivity contribution in [3.05, 3.63) is 71.8 Å². The van der Waals surface area contributed by atoms with E-state index in [9.17, 15) is 57.8 Å². The number of nitrogens with zero attached hydrogens (tertiary/aromatic N) is 7. The van der Waals surface area contributed by atoms with Crippen molar-refractivity contribution in [1.82, 2.24) is 66.2 Å². The lowest BCUT2D eigenvalue weighted by molar-refractivity contribution is -0.170. The minimum absolute atomic E-state index is 0.0312. The first kappa shape index (κ1) is 80.4. The van der Waals surface area contributed by atoms with Crippen molar-refractivity contribution in [2.75, 3.05) is 67.5 Å². The van der Waals surface area contributed by atoms with Gasteiger partial charge in [0.25, 0.3) is 0 Å². The molecule has 0 radical (unpaired) electrons. The molecule has 100 heavy (non-hydrogen) atoms. The Morgan fingerprint density at radius 2 is 1.10 bits per heavy atom. The Labute approximate surface area is 588 Å². The molecule has 0 aliphatic carbocycles. The van der Waals surface area contributed by atoms with Gasteiger partial charge in [-0.2, -0.15) is 0 Å². The molecule has 28 heteroatoms. The van der Waals surface area contributed by atoms with Crippen LogP contribution < -0.4 is 31.9 Å². The van der Waals surface area contributed by atoms with Gasteiger partial charge in [-0.05, 0) is 109 Å². The van der Waals surface area contributed by atoms with Gasteiger partial charge >= 0.3 is 0 Å². The zero-order valence-corrected chi connectivity index (χ0v) is 61.0. The summed E-state index contributed by atoms with van der Waals surface area (Å²) in [5.74, 6) is -10.5. The van der Waals surface area contributed by atoms with Crippen LogP contribution in [-0.2, 0) is 79.9 Å². The second kappa shape index (κ2) is 36.2. The highest BCUT2D eigenvalue weighted by Gasteiger charge is 2.54. The number of fused-ring (bicyclic) bond motifs is 2. The van der Waals surface area contributed by atoms with Crippen molar-refractivity contribution in [1.29, 1.82) is 0 Å². The van der Waals surface area contributed by atoms with Crippen molar-refractivity contribution in [2.24, 2.45) is 17.8 Å². The summed E-state index contributed by atoms with van der Waals surface area (Å²) in [6.07, 6.45) is 0.495. The number of aliphatic hydroxyl groups excluding tert-OH is 1. The van der Waals surface area contributed by atoms with Crippen LogP contribution in [0.3, 0.4) is 0 Å². The van der Waals surface area contributed by atoms with Gasteiger partial charge in [-0.15, -0.1) is 0 Å². The number of piperidine rings is 1. The Morgan fingerprint density at radius 3 is 1.62 bits per heavy atom. The van der Waals surface area contributed by atoms with E-state index in [1.165, 1.54) is 56.7 Å². The van der Waals surface area contributed by atoms with Gasteiger partial charge in [0, 0.05) is 72.6 Å². The van der Waals surface area contributed by atoms with Crippen LogP contribution >= 0.6 is 0 Å². The Bertz CT molecular complexity index is 3230. The lowest BCUT2D eigenvalue weighted by atomic mass is 9.80. The highest BCUT2D eigenvalue weighted by Crippen LogP contribution is 2.36. The Morgan fingerprint density at radius 1 is 0.580 bits per heavy atom. The first-order valence-corrected chi connectivity index (χ1v) is 35.1. The second-order valence-electron chi connectivity index (χ2n) is 29.2. The molecular formula is C72H109N13O15. The van der Waals surface area contributed by atoms with Crippen LogP contribution in [0.2, 0.25) is 0 Å². The SMILES string of the molecule is CC(C)CC1C(=O)NC(COC(C)(C)C)C(=O)NCC(=O)N2CCC[C@H]2C(=O)N2C(C)[C@H](C)[C@@H]2C(=O)N(C)[C@@H](C)C(=O)N[C@@H]([C@@H](C)O)C(=O)N[C@@H](Cc2ccccc2)C(=O)N(C)C(CC(C)C)C(=O)NC(C(=O)N2CCCCC2)CC(=O)N(C)CC(=O)N[C@@H](Cc2ccccc2)C(=O)N1C. The zero-order chi connectivity index (χ0) is 74.2. The van der Waals surface area contributed by atoms with Gasteiger partial charge in [-0.1, -0.05) is 95.3 Å². The molecule has 5 unspecified atom stereocenters. The number of rotatable bonds is 12. The van der Waals surface area contributed by atoms with Crippen molar-refractivity contribution >= 4 is 76.8 Å². The predicted octanol–water partition coefficient (Wildman–Crippen LogP) is 0.902. The molecule has 4 aliphatic rings. The standard InChI is InChI=1S/C72H109N13O15/c1-42(2)34-55-64(92)75-52(69(97)83-31-23-18-24-32-83)38-58(88)79(12)40-57(87)74-50(36-48-26-19-16-20-27-48)67(95)81(14)56(35-43(3)4)65(93)77-53(41-100-72(9,10)11)63(91)73-39-59(89)84-33-25-30-54(84)70(98)85-45(6)44(5)61(85)71(99)80(13)46(7)62(90)78-60(47(8)86)66(94)76-51(68(96)82(55)15)37-49-28-21-17-22-29-49/h16-17,19-22,26-29,42-47,50-56,60-61,86H,18,23-25,30-41H2,1-15H3,(H,73,91)(H,74,87)(H,75,92)(H,76,94)(H,77,93)(H,78,90)/t44-,45?,46-,47+,50-,51-,52?,53?,54-,55?,56?,60-,61+/m0/s1. The average molecular weight is 1400 g/mol. The summed E-state index contributed by atoms with van der Waals surface area (Å²) < 4.78 is 6.04. The van der Waals surface area contributed by atoms with Crippen LogP contribution in [0.15, 0.2) is 60.7 Å². The third-order valence-corrected chi connectivity index (χ3v) is 19.4. The molecular weight excluding hydrogens is 1290 g/mol. The van der Waals surface area contributed by atoms with Gasteiger partial charge in [0.05, 0.1) is 37.8 Å². The number of carbonyl (C=O) groups is 13. The first-order chi connectivity index (χ1) is 47.0. The summed E-state index contributed by atoms with van der Waals surface area (Å²) in [4.78, 5) is 199. The number of hydrogen-bond donors (Lipinski definition) is 7. The van der Waals surface area contributed by atoms with Crippen LogP contribution in [0.25, 0.3) is 0 Å². The third-order valence-electron chi connectivity index (χ3n) is 19.4. The highest BCUT2D eigenvalue weighted by atomic mass is 16.5. The normalized spacial score (nSPS) is 27.8. The topological polar surface area (TPSA) is 346 Å². The molecule has 2 aromatic rings. The average Bonchev–Trinajstić information content (AvgIpc) is 1.05. The van der Waals surface area contributed by atoms with Crippen molar-refractivity contribution < 1.29 is 72.2 Å².